The summed E-state index contributed by atoms with van der Waals surface area (Å²) in [4.78, 5) is 24.0. The number of hydrogen-bond donors (Lipinski definition) is 1. The van der Waals surface area contributed by atoms with Crippen molar-refractivity contribution in [2.75, 3.05) is 32.5 Å². The second kappa shape index (κ2) is 11.5. The highest BCUT2D eigenvalue weighted by atomic mass is 32.2. The zero-order valence-electron chi connectivity index (χ0n) is 19.0. The summed E-state index contributed by atoms with van der Waals surface area (Å²) < 4.78 is 5.38. The predicted molar refractivity (Wildman–Crippen MR) is 132 cm³/mol. The van der Waals surface area contributed by atoms with Gasteiger partial charge in [-0.25, -0.2) is 0 Å². The molecule has 4 rings (SSSR count). The van der Waals surface area contributed by atoms with Crippen LogP contribution in [0.1, 0.15) is 24.8 Å². The number of aryl methyl sites for hydroxylation is 1. The summed E-state index contributed by atoms with van der Waals surface area (Å²) in [6.07, 6.45) is 9.24. The molecule has 174 valence electrons. The van der Waals surface area contributed by atoms with E-state index in [0.29, 0.717) is 6.54 Å². The van der Waals surface area contributed by atoms with Crippen molar-refractivity contribution in [1.29, 1.82) is 0 Å². The highest BCUT2D eigenvalue weighted by Gasteiger charge is 2.33. The lowest BCUT2D eigenvalue weighted by atomic mass is 9.81. The average molecular weight is 466 g/mol. The molecule has 2 aromatic heterocycles. The minimum atomic E-state index is -0.661. The summed E-state index contributed by atoms with van der Waals surface area (Å²) in [6, 6.07) is 12.1. The van der Waals surface area contributed by atoms with Crippen LogP contribution in [0.25, 0.3) is 10.9 Å². The number of fused-ring (bicyclic) bond motifs is 1. The summed E-state index contributed by atoms with van der Waals surface area (Å²) in [5, 5.41) is 11.0. The molecule has 0 radical (unpaired) electrons. The monoisotopic (exact) mass is 465 g/mol. The number of piperidine rings is 1. The van der Waals surface area contributed by atoms with Crippen molar-refractivity contribution in [3.05, 3.63) is 60.6 Å². The van der Waals surface area contributed by atoms with Crippen LogP contribution in [0, 0.1) is 11.8 Å². The van der Waals surface area contributed by atoms with E-state index in [1.807, 2.05) is 36.5 Å². The lowest BCUT2D eigenvalue weighted by molar-refractivity contribution is -0.146. The minimum absolute atomic E-state index is 0.231. The van der Waals surface area contributed by atoms with Gasteiger partial charge in [0.15, 0.2) is 0 Å². The van der Waals surface area contributed by atoms with Crippen LogP contribution in [0.15, 0.2) is 59.9 Å². The topological polar surface area (TPSA) is 75.5 Å². The van der Waals surface area contributed by atoms with Crippen molar-refractivity contribution in [1.82, 2.24) is 14.9 Å². The number of pyridine rings is 2. The largest absolute Gasteiger partial charge is 0.497 e. The van der Waals surface area contributed by atoms with Gasteiger partial charge in [-0.05, 0) is 80.1 Å². The summed E-state index contributed by atoms with van der Waals surface area (Å²) in [5.41, 5.74) is 2.21. The molecule has 3 aromatic rings. The van der Waals surface area contributed by atoms with Crippen LogP contribution in [0.4, 0.5) is 0 Å². The summed E-state index contributed by atoms with van der Waals surface area (Å²) >= 11 is 1.80. The Hall–Kier alpha value is -2.64. The molecule has 2 atom stereocenters. The van der Waals surface area contributed by atoms with Gasteiger partial charge in [-0.3, -0.25) is 14.8 Å². The molecular formula is C26H31N3O3S. The van der Waals surface area contributed by atoms with Crippen LogP contribution < -0.4 is 4.74 Å². The SMILES string of the molecule is COc1ccc2nccc(CCC[C@@H]3CCN(CCSc4ccncc4)C[C@@H]3C(=O)O)c2c1. The molecule has 0 bridgehead atoms. The molecule has 1 N–H and O–H groups in total. The highest BCUT2D eigenvalue weighted by Crippen LogP contribution is 2.30. The number of carbonyl (C=O) groups is 1. The van der Waals surface area contributed by atoms with E-state index in [9.17, 15) is 9.90 Å². The van der Waals surface area contributed by atoms with E-state index < -0.39 is 5.97 Å². The molecule has 1 aliphatic heterocycles. The molecule has 0 aliphatic carbocycles. The number of carboxylic acid groups (broad SMARTS) is 1. The third-order valence-electron chi connectivity index (χ3n) is 6.54. The van der Waals surface area contributed by atoms with Gasteiger partial charge in [-0.1, -0.05) is 0 Å². The molecule has 1 aromatic carbocycles. The van der Waals surface area contributed by atoms with Crippen LogP contribution in [-0.2, 0) is 11.2 Å². The highest BCUT2D eigenvalue weighted by molar-refractivity contribution is 7.99. The Balaban J connectivity index is 1.29. The summed E-state index contributed by atoms with van der Waals surface area (Å²) in [6.45, 7) is 2.53. The van der Waals surface area contributed by atoms with Crippen molar-refractivity contribution >= 4 is 28.6 Å². The Morgan fingerprint density at radius 2 is 2.06 bits per heavy atom. The second-order valence-corrected chi connectivity index (χ2v) is 9.74. The molecular weight excluding hydrogens is 434 g/mol. The average Bonchev–Trinajstić information content (AvgIpc) is 2.85. The second-order valence-electron chi connectivity index (χ2n) is 8.57. The maximum atomic E-state index is 12.0. The maximum absolute atomic E-state index is 12.0. The Labute approximate surface area is 199 Å². The van der Waals surface area contributed by atoms with Gasteiger partial charge in [0.25, 0.3) is 0 Å². The quantitative estimate of drug-likeness (QED) is 0.432. The Morgan fingerprint density at radius 1 is 1.21 bits per heavy atom. The zero-order chi connectivity index (χ0) is 23.0. The molecule has 0 unspecified atom stereocenters. The normalized spacial score (nSPS) is 18.9. The number of rotatable bonds is 10. The smallest absolute Gasteiger partial charge is 0.308 e. The first kappa shape index (κ1) is 23.5. The van der Waals surface area contributed by atoms with Crippen molar-refractivity contribution in [2.45, 2.75) is 30.6 Å². The molecule has 0 saturated carbocycles. The van der Waals surface area contributed by atoms with E-state index in [1.54, 1.807) is 31.3 Å². The van der Waals surface area contributed by atoms with Gasteiger partial charge in [-0.2, -0.15) is 0 Å². The third-order valence-corrected chi connectivity index (χ3v) is 7.54. The van der Waals surface area contributed by atoms with Gasteiger partial charge in [0.05, 0.1) is 18.5 Å². The van der Waals surface area contributed by atoms with E-state index >= 15 is 0 Å². The van der Waals surface area contributed by atoms with Crippen LogP contribution in [-0.4, -0.2) is 58.4 Å². The van der Waals surface area contributed by atoms with Crippen LogP contribution in [0.2, 0.25) is 0 Å². The lowest BCUT2D eigenvalue weighted by Crippen LogP contribution is -2.44. The molecule has 6 nitrogen and oxygen atoms in total. The molecule has 1 saturated heterocycles. The molecule has 3 heterocycles. The Kier molecular flexibility index (Phi) is 8.18. The molecule has 33 heavy (non-hydrogen) atoms. The number of thioether (sulfide) groups is 1. The van der Waals surface area contributed by atoms with E-state index in [4.69, 9.17) is 4.74 Å². The van der Waals surface area contributed by atoms with Gasteiger partial charge in [0.2, 0.25) is 0 Å². The first-order valence-corrected chi connectivity index (χ1v) is 12.5. The number of methoxy groups -OCH3 is 1. The molecule has 7 heteroatoms. The van der Waals surface area contributed by atoms with Gasteiger partial charge < -0.3 is 14.7 Å². The Bertz CT molecular complexity index is 1060. The first-order chi connectivity index (χ1) is 16.1. The summed E-state index contributed by atoms with van der Waals surface area (Å²) in [5.74, 6) is 1.07. The van der Waals surface area contributed by atoms with Crippen molar-refractivity contribution < 1.29 is 14.6 Å². The van der Waals surface area contributed by atoms with E-state index in [0.717, 1.165) is 61.2 Å². The minimum Gasteiger partial charge on any atom is -0.497 e. The van der Waals surface area contributed by atoms with E-state index in [2.05, 4.69) is 20.9 Å². The van der Waals surface area contributed by atoms with E-state index in [-0.39, 0.29) is 11.8 Å². The van der Waals surface area contributed by atoms with Crippen molar-refractivity contribution in [2.24, 2.45) is 11.8 Å². The van der Waals surface area contributed by atoms with Crippen LogP contribution >= 0.6 is 11.8 Å². The fourth-order valence-electron chi connectivity index (χ4n) is 4.71. The maximum Gasteiger partial charge on any atom is 0.308 e. The number of aromatic nitrogens is 2. The number of nitrogens with zero attached hydrogens (tertiary/aromatic N) is 3. The third kappa shape index (κ3) is 6.24. The van der Waals surface area contributed by atoms with Gasteiger partial charge >= 0.3 is 5.97 Å². The number of hydrogen-bond acceptors (Lipinski definition) is 6. The number of likely N-dealkylation sites (tertiary alicyclic amines) is 1. The van der Waals surface area contributed by atoms with Gasteiger partial charge in [-0.15, -0.1) is 11.8 Å². The lowest BCUT2D eigenvalue weighted by Gasteiger charge is -2.36. The molecule has 0 spiro atoms. The van der Waals surface area contributed by atoms with Crippen LogP contribution in [0.3, 0.4) is 0 Å². The fraction of sp³-hybridized carbons (Fsp3) is 0.423. The number of benzene rings is 1. The summed E-state index contributed by atoms with van der Waals surface area (Å²) in [7, 11) is 1.67. The number of ether oxygens (including phenoxy) is 1. The standard InChI is InChI=1S/C26H31N3O3S/c1-32-21-5-6-25-23(17-21)19(7-13-28-25)3-2-4-20-10-14-29(18-24(20)26(30)31)15-16-33-22-8-11-27-12-9-22/h5-9,11-13,17,20,24H,2-4,10,14-16,18H2,1H3,(H,30,31)/t20-,24+/m1/s1. The van der Waals surface area contributed by atoms with Gasteiger partial charge in [0.1, 0.15) is 5.75 Å². The fourth-order valence-corrected chi connectivity index (χ4v) is 5.60. The zero-order valence-corrected chi connectivity index (χ0v) is 19.8. The number of aliphatic carboxylic acids is 1. The molecule has 1 aliphatic rings. The van der Waals surface area contributed by atoms with Crippen molar-refractivity contribution in [3.63, 3.8) is 0 Å². The number of carboxylic acids is 1. The molecule has 0 amide bonds. The molecule has 1 fully saturated rings. The van der Waals surface area contributed by atoms with E-state index in [1.165, 1.54) is 10.5 Å². The van der Waals surface area contributed by atoms with Crippen molar-refractivity contribution in [3.8, 4) is 5.75 Å². The Morgan fingerprint density at radius 3 is 2.85 bits per heavy atom. The van der Waals surface area contributed by atoms with Crippen LogP contribution in [0.5, 0.6) is 5.75 Å². The predicted octanol–water partition coefficient (Wildman–Crippen LogP) is 4.78. The van der Waals surface area contributed by atoms with Gasteiger partial charge in [0, 0.05) is 47.7 Å². The first-order valence-electron chi connectivity index (χ1n) is 11.5.